The Morgan fingerprint density at radius 3 is 2.39 bits per heavy atom. The summed E-state index contributed by atoms with van der Waals surface area (Å²) < 4.78 is 5.17. The Morgan fingerprint density at radius 2 is 1.83 bits per heavy atom. The van der Waals surface area contributed by atoms with E-state index in [1.165, 1.54) is 0 Å². The fraction of sp³-hybridized carbons (Fsp3) is 0.833. The second kappa shape index (κ2) is 7.92. The van der Waals surface area contributed by atoms with Gasteiger partial charge < -0.3 is 19.9 Å². The number of nitrogens with zero attached hydrogens (tertiary/aromatic N) is 2. The van der Waals surface area contributed by atoms with E-state index in [1.807, 2.05) is 13.8 Å². The van der Waals surface area contributed by atoms with E-state index in [4.69, 9.17) is 4.74 Å². The number of urea groups is 1. The fourth-order valence-corrected chi connectivity index (χ4v) is 1.89. The van der Waals surface area contributed by atoms with Crippen LogP contribution in [0.3, 0.4) is 0 Å². The standard InChI is InChI=1S/C12H23N3O3/c1-3-14(4-2)11(16)5-6-13-12(17)15-7-9-18-10-8-15/h3-10H2,1-2H3,(H,13,17). The van der Waals surface area contributed by atoms with Crippen molar-refractivity contribution in [2.45, 2.75) is 20.3 Å². The molecule has 0 saturated carbocycles. The first-order chi connectivity index (χ1) is 8.69. The second-order valence-corrected chi connectivity index (χ2v) is 4.15. The lowest BCUT2D eigenvalue weighted by atomic mass is 10.3. The fourth-order valence-electron chi connectivity index (χ4n) is 1.89. The number of amides is 3. The molecule has 0 spiro atoms. The highest BCUT2D eigenvalue weighted by atomic mass is 16.5. The zero-order valence-electron chi connectivity index (χ0n) is 11.3. The summed E-state index contributed by atoms with van der Waals surface area (Å²) >= 11 is 0. The molecule has 0 bridgehead atoms. The molecule has 18 heavy (non-hydrogen) atoms. The van der Waals surface area contributed by atoms with Crippen molar-refractivity contribution in [2.24, 2.45) is 0 Å². The van der Waals surface area contributed by atoms with Crippen LogP contribution < -0.4 is 5.32 Å². The van der Waals surface area contributed by atoms with Gasteiger partial charge in [0.2, 0.25) is 5.91 Å². The van der Waals surface area contributed by atoms with E-state index in [0.29, 0.717) is 52.4 Å². The molecule has 0 radical (unpaired) electrons. The van der Waals surface area contributed by atoms with Crippen molar-refractivity contribution in [3.8, 4) is 0 Å². The van der Waals surface area contributed by atoms with Crippen LogP contribution >= 0.6 is 0 Å². The largest absolute Gasteiger partial charge is 0.378 e. The predicted molar refractivity (Wildman–Crippen MR) is 68.3 cm³/mol. The van der Waals surface area contributed by atoms with Crippen molar-refractivity contribution >= 4 is 11.9 Å². The minimum atomic E-state index is -0.106. The third kappa shape index (κ3) is 4.52. The van der Waals surface area contributed by atoms with Gasteiger partial charge in [-0.25, -0.2) is 4.79 Å². The molecule has 1 aliphatic rings. The molecular weight excluding hydrogens is 234 g/mol. The second-order valence-electron chi connectivity index (χ2n) is 4.15. The van der Waals surface area contributed by atoms with Gasteiger partial charge in [-0.2, -0.15) is 0 Å². The van der Waals surface area contributed by atoms with Crippen molar-refractivity contribution < 1.29 is 14.3 Å². The Hall–Kier alpha value is -1.30. The summed E-state index contributed by atoms with van der Waals surface area (Å²) in [7, 11) is 0. The van der Waals surface area contributed by atoms with Crippen molar-refractivity contribution in [2.75, 3.05) is 45.9 Å². The summed E-state index contributed by atoms with van der Waals surface area (Å²) in [5.74, 6) is 0.0854. The average molecular weight is 257 g/mol. The van der Waals surface area contributed by atoms with E-state index in [2.05, 4.69) is 5.32 Å². The van der Waals surface area contributed by atoms with Gasteiger partial charge in [-0.15, -0.1) is 0 Å². The Morgan fingerprint density at radius 1 is 1.22 bits per heavy atom. The third-order valence-electron chi connectivity index (χ3n) is 3.03. The lowest BCUT2D eigenvalue weighted by Gasteiger charge is -2.27. The Kier molecular flexibility index (Phi) is 6.49. The maximum absolute atomic E-state index is 11.7. The first-order valence-electron chi connectivity index (χ1n) is 6.57. The highest BCUT2D eigenvalue weighted by Crippen LogP contribution is 1.97. The molecule has 0 aliphatic carbocycles. The summed E-state index contributed by atoms with van der Waals surface area (Å²) in [6, 6.07) is -0.106. The lowest BCUT2D eigenvalue weighted by Crippen LogP contribution is -2.47. The number of hydrogen-bond acceptors (Lipinski definition) is 3. The number of nitrogens with one attached hydrogen (secondary N) is 1. The van der Waals surface area contributed by atoms with Gasteiger partial charge in [-0.05, 0) is 13.8 Å². The average Bonchev–Trinajstić information content (AvgIpc) is 2.41. The highest BCUT2D eigenvalue weighted by Gasteiger charge is 2.16. The minimum absolute atomic E-state index is 0.0854. The molecule has 0 atom stereocenters. The number of carbonyl (C=O) groups excluding carboxylic acids is 2. The van der Waals surface area contributed by atoms with E-state index < -0.39 is 0 Å². The normalized spacial score (nSPS) is 15.3. The van der Waals surface area contributed by atoms with Crippen LogP contribution in [0.4, 0.5) is 4.79 Å². The van der Waals surface area contributed by atoms with E-state index in [0.717, 1.165) is 0 Å². The van der Waals surface area contributed by atoms with Crippen molar-refractivity contribution in [3.63, 3.8) is 0 Å². The van der Waals surface area contributed by atoms with Crippen LogP contribution in [-0.4, -0.2) is 67.7 Å². The molecule has 6 heteroatoms. The van der Waals surface area contributed by atoms with Crippen LogP contribution in [0.1, 0.15) is 20.3 Å². The third-order valence-corrected chi connectivity index (χ3v) is 3.03. The zero-order valence-corrected chi connectivity index (χ0v) is 11.3. The van der Waals surface area contributed by atoms with Crippen molar-refractivity contribution in [1.82, 2.24) is 15.1 Å². The van der Waals surface area contributed by atoms with E-state index in [9.17, 15) is 9.59 Å². The molecule has 104 valence electrons. The molecule has 1 fully saturated rings. The first-order valence-corrected chi connectivity index (χ1v) is 6.57. The van der Waals surface area contributed by atoms with E-state index in [-0.39, 0.29) is 11.9 Å². The molecule has 1 heterocycles. The van der Waals surface area contributed by atoms with E-state index in [1.54, 1.807) is 9.80 Å². The van der Waals surface area contributed by atoms with Gasteiger partial charge in [0.15, 0.2) is 0 Å². The molecule has 0 aromatic heterocycles. The van der Waals surface area contributed by atoms with Crippen molar-refractivity contribution in [1.29, 1.82) is 0 Å². The molecular formula is C12H23N3O3. The van der Waals surface area contributed by atoms with Crippen LogP contribution in [0.2, 0.25) is 0 Å². The molecule has 1 N–H and O–H groups in total. The summed E-state index contributed by atoms with van der Waals surface area (Å²) in [6.45, 7) is 8.15. The molecule has 1 rings (SSSR count). The van der Waals surface area contributed by atoms with Crippen molar-refractivity contribution in [3.05, 3.63) is 0 Å². The summed E-state index contributed by atoms with van der Waals surface area (Å²) in [4.78, 5) is 26.9. The molecule has 0 aromatic carbocycles. The summed E-state index contributed by atoms with van der Waals surface area (Å²) in [5.41, 5.74) is 0. The molecule has 1 saturated heterocycles. The van der Waals surface area contributed by atoms with Gasteiger partial charge in [0.05, 0.1) is 13.2 Å². The summed E-state index contributed by atoms with van der Waals surface area (Å²) in [6.07, 6.45) is 0.359. The Bertz CT molecular complexity index is 274. The lowest BCUT2D eigenvalue weighted by molar-refractivity contribution is -0.130. The number of carbonyl (C=O) groups is 2. The number of morpholine rings is 1. The van der Waals surface area contributed by atoms with Crippen LogP contribution in [-0.2, 0) is 9.53 Å². The monoisotopic (exact) mass is 257 g/mol. The number of rotatable bonds is 5. The molecule has 1 aliphatic heterocycles. The van der Waals surface area contributed by atoms with Crippen LogP contribution in [0.25, 0.3) is 0 Å². The van der Waals surface area contributed by atoms with Gasteiger partial charge in [-0.3, -0.25) is 4.79 Å². The molecule has 0 unspecified atom stereocenters. The smallest absolute Gasteiger partial charge is 0.317 e. The van der Waals surface area contributed by atoms with Gasteiger partial charge in [0.25, 0.3) is 0 Å². The van der Waals surface area contributed by atoms with E-state index >= 15 is 0 Å². The van der Waals surface area contributed by atoms with Crippen LogP contribution in [0, 0.1) is 0 Å². The summed E-state index contributed by atoms with van der Waals surface area (Å²) in [5, 5.41) is 2.77. The van der Waals surface area contributed by atoms with Gasteiger partial charge >= 0.3 is 6.03 Å². The van der Waals surface area contributed by atoms with Crippen LogP contribution in [0.5, 0.6) is 0 Å². The zero-order chi connectivity index (χ0) is 13.4. The highest BCUT2D eigenvalue weighted by molar-refractivity contribution is 5.78. The number of hydrogen-bond donors (Lipinski definition) is 1. The quantitative estimate of drug-likeness (QED) is 0.770. The molecule has 3 amide bonds. The van der Waals surface area contributed by atoms with Gasteiger partial charge in [0, 0.05) is 39.1 Å². The predicted octanol–water partition coefficient (Wildman–Crippen LogP) is 0.287. The first kappa shape index (κ1) is 14.8. The molecule has 0 aromatic rings. The maximum atomic E-state index is 11.7. The SMILES string of the molecule is CCN(CC)C(=O)CCNC(=O)N1CCOCC1. The maximum Gasteiger partial charge on any atom is 0.317 e. The van der Waals surface area contributed by atoms with Gasteiger partial charge in [0.1, 0.15) is 0 Å². The topological polar surface area (TPSA) is 61.9 Å². The molecule has 6 nitrogen and oxygen atoms in total. The Balaban J connectivity index is 2.20. The Labute approximate surface area is 108 Å². The van der Waals surface area contributed by atoms with Gasteiger partial charge in [-0.1, -0.05) is 0 Å². The number of ether oxygens (including phenoxy) is 1. The van der Waals surface area contributed by atoms with Crippen LogP contribution in [0.15, 0.2) is 0 Å². The minimum Gasteiger partial charge on any atom is -0.378 e.